The largest absolute Gasteiger partial charge is 0.351 e. The second-order valence-corrected chi connectivity index (χ2v) is 8.65. The minimum atomic E-state index is -0.233. The van der Waals surface area contributed by atoms with Crippen molar-refractivity contribution in [3.8, 4) is 0 Å². The average Bonchev–Trinajstić information content (AvgIpc) is 3.35. The number of amides is 2. The molecule has 1 aliphatic carbocycles. The first-order valence-corrected chi connectivity index (χ1v) is 9.48. The molecule has 2 fully saturated rings. The number of nitrogens with one attached hydrogen (secondary N) is 1. The number of carbonyl (C=O) groups is 2. The number of benzene rings is 1. The molecule has 136 valence electrons. The highest BCUT2D eigenvalue weighted by Crippen LogP contribution is 2.41. The summed E-state index contributed by atoms with van der Waals surface area (Å²) in [7, 11) is 0. The zero-order valence-corrected chi connectivity index (χ0v) is 15.6. The van der Waals surface area contributed by atoms with Crippen molar-refractivity contribution >= 4 is 11.8 Å². The third-order valence-electron chi connectivity index (χ3n) is 5.24. The van der Waals surface area contributed by atoms with E-state index in [9.17, 15) is 9.59 Å². The van der Waals surface area contributed by atoms with Gasteiger partial charge in [-0.2, -0.15) is 0 Å². The van der Waals surface area contributed by atoms with E-state index in [-0.39, 0.29) is 29.2 Å². The number of likely N-dealkylation sites (tertiary alicyclic amines) is 1. The number of nitrogens with zero attached hydrogens (tertiary/aromatic N) is 1. The number of rotatable bonds is 4. The van der Waals surface area contributed by atoms with Gasteiger partial charge in [-0.1, -0.05) is 30.3 Å². The second kappa shape index (κ2) is 7.19. The SMILES string of the molecule is CC(C)(C)NC(=O)C1CC1C(=O)N1CCC(Cc2ccccc2)CC1. The Labute approximate surface area is 151 Å². The molecule has 1 saturated carbocycles. The maximum atomic E-state index is 12.7. The molecule has 0 bridgehead atoms. The highest BCUT2D eigenvalue weighted by Gasteiger charge is 2.50. The lowest BCUT2D eigenvalue weighted by molar-refractivity contribution is -0.136. The summed E-state index contributed by atoms with van der Waals surface area (Å²) < 4.78 is 0. The van der Waals surface area contributed by atoms with Gasteiger partial charge in [0.2, 0.25) is 11.8 Å². The Morgan fingerprint density at radius 2 is 1.72 bits per heavy atom. The fourth-order valence-corrected chi connectivity index (χ4v) is 3.76. The van der Waals surface area contributed by atoms with E-state index in [1.165, 1.54) is 5.56 Å². The molecule has 1 aliphatic heterocycles. The molecule has 2 atom stereocenters. The first-order chi connectivity index (χ1) is 11.8. The van der Waals surface area contributed by atoms with Gasteiger partial charge >= 0.3 is 0 Å². The first kappa shape index (κ1) is 18.0. The first-order valence-electron chi connectivity index (χ1n) is 9.48. The van der Waals surface area contributed by atoms with Crippen LogP contribution in [0.5, 0.6) is 0 Å². The fourth-order valence-electron chi connectivity index (χ4n) is 3.76. The summed E-state index contributed by atoms with van der Waals surface area (Å²) in [6.45, 7) is 7.59. The average molecular weight is 342 g/mol. The van der Waals surface area contributed by atoms with Crippen LogP contribution in [0.3, 0.4) is 0 Å². The summed E-state index contributed by atoms with van der Waals surface area (Å²) in [5, 5.41) is 2.99. The lowest BCUT2D eigenvalue weighted by Crippen LogP contribution is -2.43. The van der Waals surface area contributed by atoms with Gasteiger partial charge in [-0.3, -0.25) is 9.59 Å². The van der Waals surface area contributed by atoms with E-state index < -0.39 is 0 Å². The Bertz CT molecular complexity index is 613. The molecule has 1 N–H and O–H groups in total. The van der Waals surface area contributed by atoms with Crippen molar-refractivity contribution in [2.75, 3.05) is 13.1 Å². The molecule has 0 spiro atoms. The Kier molecular flexibility index (Phi) is 5.16. The van der Waals surface area contributed by atoms with Crippen molar-refractivity contribution in [1.29, 1.82) is 0 Å². The van der Waals surface area contributed by atoms with Crippen LogP contribution >= 0.6 is 0 Å². The van der Waals surface area contributed by atoms with Gasteiger partial charge in [0.15, 0.2) is 0 Å². The fraction of sp³-hybridized carbons (Fsp3) is 0.619. The summed E-state index contributed by atoms with van der Waals surface area (Å²) in [4.78, 5) is 26.8. The molecular weight excluding hydrogens is 312 g/mol. The van der Waals surface area contributed by atoms with Gasteiger partial charge in [0.1, 0.15) is 0 Å². The van der Waals surface area contributed by atoms with Crippen LogP contribution in [0.25, 0.3) is 0 Å². The molecule has 0 radical (unpaired) electrons. The predicted molar refractivity (Wildman–Crippen MR) is 98.9 cm³/mol. The zero-order valence-electron chi connectivity index (χ0n) is 15.6. The van der Waals surface area contributed by atoms with Gasteiger partial charge in [-0.15, -0.1) is 0 Å². The highest BCUT2D eigenvalue weighted by atomic mass is 16.2. The zero-order chi connectivity index (χ0) is 18.0. The van der Waals surface area contributed by atoms with Crippen LogP contribution in [-0.4, -0.2) is 35.3 Å². The third-order valence-corrected chi connectivity index (χ3v) is 5.24. The molecule has 2 aliphatic rings. The van der Waals surface area contributed by atoms with Gasteiger partial charge in [-0.25, -0.2) is 0 Å². The lowest BCUT2D eigenvalue weighted by Gasteiger charge is -2.32. The molecule has 2 unspecified atom stereocenters. The van der Waals surface area contributed by atoms with Crippen LogP contribution < -0.4 is 5.32 Å². The lowest BCUT2D eigenvalue weighted by atomic mass is 9.90. The molecular formula is C21H30N2O2. The van der Waals surface area contributed by atoms with Crippen molar-refractivity contribution in [2.24, 2.45) is 17.8 Å². The topological polar surface area (TPSA) is 49.4 Å². The summed E-state index contributed by atoms with van der Waals surface area (Å²) >= 11 is 0. The van der Waals surface area contributed by atoms with Gasteiger partial charge in [-0.05, 0) is 57.9 Å². The van der Waals surface area contributed by atoms with Crippen LogP contribution in [0.4, 0.5) is 0 Å². The second-order valence-electron chi connectivity index (χ2n) is 8.65. The predicted octanol–water partition coefficient (Wildman–Crippen LogP) is 3.02. The quantitative estimate of drug-likeness (QED) is 0.914. The van der Waals surface area contributed by atoms with Gasteiger partial charge in [0.25, 0.3) is 0 Å². The van der Waals surface area contributed by atoms with E-state index in [2.05, 4.69) is 29.6 Å². The number of carbonyl (C=O) groups excluding carboxylic acids is 2. The normalized spacial score (nSPS) is 24.0. The van der Waals surface area contributed by atoms with Crippen LogP contribution in [0.1, 0.15) is 45.6 Å². The van der Waals surface area contributed by atoms with E-state index in [0.717, 1.165) is 32.4 Å². The van der Waals surface area contributed by atoms with Crippen LogP contribution in [0, 0.1) is 17.8 Å². The van der Waals surface area contributed by atoms with Crippen LogP contribution in [0.2, 0.25) is 0 Å². The molecule has 1 aromatic carbocycles. The van der Waals surface area contributed by atoms with Gasteiger partial charge in [0, 0.05) is 18.6 Å². The molecule has 3 rings (SSSR count). The number of piperidine rings is 1. The number of hydrogen-bond acceptors (Lipinski definition) is 2. The molecule has 25 heavy (non-hydrogen) atoms. The van der Waals surface area contributed by atoms with E-state index in [0.29, 0.717) is 12.3 Å². The maximum absolute atomic E-state index is 12.7. The Morgan fingerprint density at radius 1 is 1.08 bits per heavy atom. The molecule has 2 amide bonds. The van der Waals surface area contributed by atoms with Crippen molar-refractivity contribution in [3.63, 3.8) is 0 Å². The van der Waals surface area contributed by atoms with Crippen molar-refractivity contribution < 1.29 is 9.59 Å². The van der Waals surface area contributed by atoms with Crippen molar-refractivity contribution in [3.05, 3.63) is 35.9 Å². The van der Waals surface area contributed by atoms with E-state index in [1.54, 1.807) is 0 Å². The summed E-state index contributed by atoms with van der Waals surface area (Å²) in [5.41, 5.74) is 1.15. The minimum absolute atomic E-state index is 0.0322. The summed E-state index contributed by atoms with van der Waals surface area (Å²) in [5.74, 6) is 0.671. The smallest absolute Gasteiger partial charge is 0.226 e. The molecule has 0 aromatic heterocycles. The molecule has 1 aromatic rings. The van der Waals surface area contributed by atoms with Crippen molar-refractivity contribution in [1.82, 2.24) is 10.2 Å². The Morgan fingerprint density at radius 3 is 2.32 bits per heavy atom. The molecule has 1 saturated heterocycles. The monoisotopic (exact) mass is 342 g/mol. The van der Waals surface area contributed by atoms with Crippen LogP contribution in [-0.2, 0) is 16.0 Å². The molecule has 1 heterocycles. The summed E-state index contributed by atoms with van der Waals surface area (Å²) in [6, 6.07) is 10.6. The minimum Gasteiger partial charge on any atom is -0.351 e. The van der Waals surface area contributed by atoms with Gasteiger partial charge in [0.05, 0.1) is 11.8 Å². The van der Waals surface area contributed by atoms with Crippen LogP contribution in [0.15, 0.2) is 30.3 Å². The Balaban J connectivity index is 1.44. The highest BCUT2D eigenvalue weighted by molar-refractivity contribution is 5.92. The van der Waals surface area contributed by atoms with E-state index in [4.69, 9.17) is 0 Å². The third kappa shape index (κ3) is 4.83. The maximum Gasteiger partial charge on any atom is 0.226 e. The van der Waals surface area contributed by atoms with Gasteiger partial charge < -0.3 is 10.2 Å². The Hall–Kier alpha value is -1.84. The molecule has 4 heteroatoms. The summed E-state index contributed by atoms with van der Waals surface area (Å²) in [6.07, 6.45) is 3.94. The molecule has 4 nitrogen and oxygen atoms in total. The standard InChI is InChI=1S/C21H30N2O2/c1-21(2,3)22-19(24)17-14-18(17)20(25)23-11-9-16(10-12-23)13-15-7-5-4-6-8-15/h4-8,16-18H,9-14H2,1-3H3,(H,22,24). The van der Waals surface area contributed by atoms with Crippen molar-refractivity contribution in [2.45, 2.75) is 52.0 Å². The van der Waals surface area contributed by atoms with E-state index in [1.807, 2.05) is 31.7 Å². The van der Waals surface area contributed by atoms with E-state index >= 15 is 0 Å². The number of hydrogen-bond donors (Lipinski definition) is 1.